The van der Waals surface area contributed by atoms with Gasteiger partial charge in [0.2, 0.25) is 0 Å². The van der Waals surface area contributed by atoms with Crippen LogP contribution >= 0.6 is 0 Å². The van der Waals surface area contributed by atoms with Gasteiger partial charge in [-0.15, -0.1) is 0 Å². The number of benzene rings is 3. The molecule has 0 amide bonds. The largest absolute Gasteiger partial charge is 0.496 e. The molecule has 3 aromatic carbocycles. The second kappa shape index (κ2) is 7.99. The highest BCUT2D eigenvalue weighted by atomic mass is 16.5. The fraction of sp³-hybridized carbons (Fsp3) is 0.176. The summed E-state index contributed by atoms with van der Waals surface area (Å²) in [5, 5.41) is 3.74. The molecule has 0 aromatic heterocycles. The monoisotopic (exact) mass is 467 g/mol. The lowest BCUT2D eigenvalue weighted by Gasteiger charge is -2.29. The number of ether oxygens (including phenoxy) is 1. The van der Waals surface area contributed by atoms with Crippen LogP contribution in [0.5, 0.6) is 0 Å². The molecule has 1 atom stereocenters. The van der Waals surface area contributed by atoms with Gasteiger partial charge in [-0.1, -0.05) is 91.0 Å². The van der Waals surface area contributed by atoms with Crippen molar-refractivity contribution >= 4 is 11.3 Å². The third-order valence-electron chi connectivity index (χ3n) is 8.02. The summed E-state index contributed by atoms with van der Waals surface area (Å²) in [7, 11) is 0. The van der Waals surface area contributed by atoms with E-state index < -0.39 is 0 Å². The number of hydrogen-bond acceptors (Lipinski definition) is 2. The van der Waals surface area contributed by atoms with Crippen LogP contribution in [0.4, 0.5) is 0 Å². The van der Waals surface area contributed by atoms with Crippen LogP contribution in [-0.4, -0.2) is 12.6 Å². The lowest BCUT2D eigenvalue weighted by Crippen LogP contribution is -2.30. The summed E-state index contributed by atoms with van der Waals surface area (Å²) in [5.41, 5.74) is 12.5. The first-order valence-electron chi connectivity index (χ1n) is 12.8. The molecule has 1 N–H and O–H groups in total. The minimum atomic E-state index is -0.218. The van der Waals surface area contributed by atoms with Crippen LogP contribution in [0.15, 0.2) is 115 Å². The SMILES string of the molecule is CC1(C)C2=C(CCO2)c2ccccc2-c2ccc(-c3ccccc3C3=CC=C4C=CC=CC4N3)cc21. The minimum Gasteiger partial charge on any atom is -0.496 e. The molecule has 4 aliphatic rings. The van der Waals surface area contributed by atoms with Gasteiger partial charge in [0, 0.05) is 28.7 Å². The molecule has 0 saturated heterocycles. The van der Waals surface area contributed by atoms with E-state index in [2.05, 4.69) is 122 Å². The standard InChI is InChI=1S/C34H29NO/c1-34(2)30-21-23(15-17-27(30)25-11-5-6-12-26(25)29-19-20-36-33(29)34)24-10-4-7-13-28(24)32-18-16-22-9-3-8-14-31(22)35-32/h3-18,21,31,35H,19-20H2,1-2H3. The smallest absolute Gasteiger partial charge is 0.110 e. The highest BCUT2D eigenvalue weighted by Gasteiger charge is 2.39. The van der Waals surface area contributed by atoms with Gasteiger partial charge in [0.05, 0.1) is 12.6 Å². The molecular formula is C34H29NO. The fourth-order valence-corrected chi connectivity index (χ4v) is 6.22. The third-order valence-corrected chi connectivity index (χ3v) is 8.02. The van der Waals surface area contributed by atoms with E-state index in [1.807, 2.05) is 0 Å². The van der Waals surface area contributed by atoms with E-state index >= 15 is 0 Å². The van der Waals surface area contributed by atoms with Crippen molar-refractivity contribution < 1.29 is 4.74 Å². The lowest BCUT2D eigenvalue weighted by molar-refractivity contribution is 0.202. The van der Waals surface area contributed by atoms with Crippen molar-refractivity contribution in [2.75, 3.05) is 6.61 Å². The fourth-order valence-electron chi connectivity index (χ4n) is 6.22. The first-order valence-corrected chi connectivity index (χ1v) is 12.8. The van der Waals surface area contributed by atoms with Gasteiger partial charge in [-0.05, 0) is 64.9 Å². The molecule has 0 radical (unpaired) electrons. The highest BCUT2D eigenvalue weighted by molar-refractivity contribution is 5.90. The van der Waals surface area contributed by atoms with Crippen molar-refractivity contribution in [3.05, 3.63) is 131 Å². The highest BCUT2D eigenvalue weighted by Crippen LogP contribution is 2.51. The second-order valence-corrected chi connectivity index (χ2v) is 10.5. The van der Waals surface area contributed by atoms with E-state index in [0.29, 0.717) is 0 Å². The molecule has 2 aliphatic heterocycles. The van der Waals surface area contributed by atoms with E-state index in [0.717, 1.165) is 24.5 Å². The Morgan fingerprint density at radius 2 is 1.58 bits per heavy atom. The zero-order valence-corrected chi connectivity index (χ0v) is 20.7. The summed E-state index contributed by atoms with van der Waals surface area (Å²) < 4.78 is 6.32. The Morgan fingerprint density at radius 1 is 0.806 bits per heavy atom. The van der Waals surface area contributed by atoms with E-state index in [4.69, 9.17) is 4.74 Å². The third kappa shape index (κ3) is 3.18. The van der Waals surface area contributed by atoms with Crippen LogP contribution in [0.1, 0.15) is 37.0 Å². The summed E-state index contributed by atoms with van der Waals surface area (Å²) in [6.45, 7) is 5.39. The molecule has 0 spiro atoms. The molecule has 2 heteroatoms. The Labute approximate surface area is 213 Å². The quantitative estimate of drug-likeness (QED) is 0.415. The number of allylic oxidation sites excluding steroid dienone is 5. The Balaban J connectivity index is 1.39. The van der Waals surface area contributed by atoms with Gasteiger partial charge in [0.15, 0.2) is 0 Å². The topological polar surface area (TPSA) is 21.3 Å². The molecule has 36 heavy (non-hydrogen) atoms. The molecule has 7 rings (SSSR count). The van der Waals surface area contributed by atoms with Crippen LogP contribution in [0.3, 0.4) is 0 Å². The van der Waals surface area contributed by atoms with Gasteiger partial charge < -0.3 is 10.1 Å². The maximum absolute atomic E-state index is 6.32. The second-order valence-electron chi connectivity index (χ2n) is 10.5. The molecule has 1 unspecified atom stereocenters. The molecule has 0 fully saturated rings. The van der Waals surface area contributed by atoms with Crippen molar-refractivity contribution in [1.82, 2.24) is 5.32 Å². The first kappa shape index (κ1) is 21.3. The predicted octanol–water partition coefficient (Wildman–Crippen LogP) is 7.81. The van der Waals surface area contributed by atoms with E-state index in [9.17, 15) is 0 Å². The molecule has 2 nitrogen and oxygen atoms in total. The Morgan fingerprint density at radius 3 is 2.44 bits per heavy atom. The van der Waals surface area contributed by atoms with Crippen molar-refractivity contribution in [2.45, 2.75) is 31.7 Å². The van der Waals surface area contributed by atoms with Crippen LogP contribution < -0.4 is 5.32 Å². The Hall–Kier alpha value is -4.04. The molecular weight excluding hydrogens is 438 g/mol. The first-order chi connectivity index (χ1) is 17.6. The van der Waals surface area contributed by atoms with Gasteiger partial charge in [0.1, 0.15) is 5.76 Å². The van der Waals surface area contributed by atoms with E-state index in [1.54, 1.807) is 0 Å². The summed E-state index contributed by atoms with van der Waals surface area (Å²) in [6, 6.07) is 24.8. The number of rotatable bonds is 2. The number of fused-ring (bicyclic) bond motifs is 5. The molecule has 2 heterocycles. The average Bonchev–Trinajstić information content (AvgIpc) is 3.41. The predicted molar refractivity (Wildman–Crippen MR) is 149 cm³/mol. The number of hydrogen-bond donors (Lipinski definition) is 1. The maximum Gasteiger partial charge on any atom is 0.110 e. The van der Waals surface area contributed by atoms with Gasteiger partial charge in [-0.25, -0.2) is 0 Å². The molecule has 176 valence electrons. The van der Waals surface area contributed by atoms with E-state index in [-0.39, 0.29) is 11.5 Å². The summed E-state index contributed by atoms with van der Waals surface area (Å²) in [6.07, 6.45) is 14.0. The van der Waals surface area contributed by atoms with Crippen molar-refractivity contribution in [1.29, 1.82) is 0 Å². The molecule has 0 bridgehead atoms. The molecule has 0 saturated carbocycles. The zero-order valence-electron chi connectivity index (χ0n) is 20.7. The lowest BCUT2D eigenvalue weighted by atomic mass is 9.78. The Bertz CT molecular complexity index is 1560. The van der Waals surface area contributed by atoms with Gasteiger partial charge >= 0.3 is 0 Å². The van der Waals surface area contributed by atoms with Crippen LogP contribution in [0.25, 0.3) is 33.5 Å². The summed E-state index contributed by atoms with van der Waals surface area (Å²) in [5.74, 6) is 1.13. The van der Waals surface area contributed by atoms with Crippen LogP contribution in [-0.2, 0) is 10.2 Å². The number of nitrogens with one attached hydrogen (secondary N) is 1. The van der Waals surface area contributed by atoms with E-state index in [1.165, 1.54) is 50.1 Å². The van der Waals surface area contributed by atoms with Gasteiger partial charge in [0.25, 0.3) is 0 Å². The minimum absolute atomic E-state index is 0.218. The molecule has 2 aliphatic carbocycles. The number of dihydropyridines is 1. The van der Waals surface area contributed by atoms with Gasteiger partial charge in [-0.3, -0.25) is 0 Å². The van der Waals surface area contributed by atoms with Crippen LogP contribution in [0.2, 0.25) is 0 Å². The van der Waals surface area contributed by atoms with Gasteiger partial charge in [-0.2, -0.15) is 0 Å². The normalized spacial score (nSPS) is 20.7. The molecule has 3 aromatic rings. The summed E-state index contributed by atoms with van der Waals surface area (Å²) >= 11 is 0. The van der Waals surface area contributed by atoms with Crippen LogP contribution in [0, 0.1) is 0 Å². The average molecular weight is 468 g/mol. The maximum atomic E-state index is 6.32. The summed E-state index contributed by atoms with van der Waals surface area (Å²) in [4.78, 5) is 0. The van der Waals surface area contributed by atoms with Crippen molar-refractivity contribution in [2.24, 2.45) is 0 Å². The zero-order chi connectivity index (χ0) is 24.3. The van der Waals surface area contributed by atoms with Crippen molar-refractivity contribution in [3.8, 4) is 22.3 Å². The Kier molecular flexibility index (Phi) is 4.72. The van der Waals surface area contributed by atoms with Crippen molar-refractivity contribution in [3.63, 3.8) is 0 Å².